The molecule has 0 radical (unpaired) electrons. The van der Waals surface area contributed by atoms with Crippen molar-refractivity contribution >= 4 is 32.8 Å². The van der Waals surface area contributed by atoms with Crippen molar-refractivity contribution in [3.8, 4) is 11.5 Å². The zero-order valence-electron chi connectivity index (χ0n) is 11.5. The van der Waals surface area contributed by atoms with Crippen LogP contribution < -0.4 is 0 Å². The number of aryl methyl sites for hydroxylation is 2. The molecule has 0 bridgehead atoms. The number of fused-ring (bicyclic) bond motifs is 1. The first-order chi connectivity index (χ1) is 9.95. The highest BCUT2D eigenvalue weighted by atomic mass is 79.9. The molecule has 3 rings (SSSR count). The van der Waals surface area contributed by atoms with Crippen molar-refractivity contribution in [2.45, 2.75) is 13.8 Å². The van der Waals surface area contributed by atoms with E-state index in [0.717, 1.165) is 11.1 Å². The normalized spacial score (nSPS) is 11.0. The summed E-state index contributed by atoms with van der Waals surface area (Å²) in [6, 6.07) is 8.91. The number of hydrogen-bond acceptors (Lipinski definition) is 3. The molecule has 0 saturated carbocycles. The van der Waals surface area contributed by atoms with Crippen LogP contribution in [0.3, 0.4) is 0 Å². The van der Waals surface area contributed by atoms with Gasteiger partial charge in [-0.1, -0.05) is 6.07 Å². The number of aromatic carboxylic acids is 1. The zero-order chi connectivity index (χ0) is 15.1. The molecule has 3 aromatic rings. The summed E-state index contributed by atoms with van der Waals surface area (Å²) in [5.41, 5.74) is 3.36. The van der Waals surface area contributed by atoms with E-state index in [1.165, 1.54) is 0 Å². The number of benzene rings is 1. The largest absolute Gasteiger partial charge is 0.478 e. The van der Waals surface area contributed by atoms with Gasteiger partial charge in [-0.15, -0.1) is 0 Å². The number of aromatic nitrogens is 1. The fraction of sp³-hybridized carbons (Fsp3) is 0.125. The van der Waals surface area contributed by atoms with Crippen molar-refractivity contribution in [3.05, 3.63) is 51.7 Å². The molecule has 0 aliphatic rings. The van der Waals surface area contributed by atoms with Gasteiger partial charge in [-0.05, 0) is 65.2 Å². The van der Waals surface area contributed by atoms with Crippen LogP contribution in [0.25, 0.3) is 22.4 Å². The quantitative estimate of drug-likeness (QED) is 0.738. The minimum absolute atomic E-state index is 0.236. The van der Waals surface area contributed by atoms with Gasteiger partial charge in [-0.3, -0.25) is 0 Å². The molecule has 2 heterocycles. The second kappa shape index (κ2) is 5.00. The molecule has 2 aromatic heterocycles. The minimum atomic E-state index is -0.971. The predicted octanol–water partition coefficient (Wildman–Crippen LogP) is 4.57. The van der Waals surface area contributed by atoms with Crippen LogP contribution in [0.5, 0.6) is 0 Å². The topological polar surface area (TPSA) is 63.3 Å². The summed E-state index contributed by atoms with van der Waals surface area (Å²) in [6.07, 6.45) is 0. The van der Waals surface area contributed by atoms with Crippen LogP contribution in [0.2, 0.25) is 0 Å². The van der Waals surface area contributed by atoms with E-state index < -0.39 is 5.97 Å². The van der Waals surface area contributed by atoms with E-state index in [4.69, 9.17) is 4.42 Å². The Kier molecular flexibility index (Phi) is 3.29. The molecule has 5 heteroatoms. The third-order valence-corrected chi connectivity index (χ3v) is 3.73. The van der Waals surface area contributed by atoms with E-state index in [1.54, 1.807) is 18.2 Å². The number of hydrogen-bond donors (Lipinski definition) is 1. The molecule has 1 N–H and O–H groups in total. The molecule has 0 fully saturated rings. The van der Waals surface area contributed by atoms with Crippen LogP contribution in [0, 0.1) is 13.8 Å². The number of carboxylic acids is 1. The number of furan rings is 1. The maximum Gasteiger partial charge on any atom is 0.336 e. The van der Waals surface area contributed by atoms with Gasteiger partial charge >= 0.3 is 5.97 Å². The fourth-order valence-corrected chi connectivity index (χ4v) is 2.81. The minimum Gasteiger partial charge on any atom is -0.478 e. The summed E-state index contributed by atoms with van der Waals surface area (Å²) < 4.78 is 6.06. The molecule has 0 unspecified atom stereocenters. The molecule has 0 saturated heterocycles. The number of rotatable bonds is 2. The average Bonchev–Trinajstić information content (AvgIpc) is 2.83. The molecular weight excluding hydrogens is 334 g/mol. The monoisotopic (exact) mass is 345 g/mol. The predicted molar refractivity (Wildman–Crippen MR) is 83.6 cm³/mol. The lowest BCUT2D eigenvalue weighted by atomic mass is 10.00. The van der Waals surface area contributed by atoms with Gasteiger partial charge in [0.05, 0.1) is 11.1 Å². The van der Waals surface area contributed by atoms with Crippen molar-refractivity contribution in [1.29, 1.82) is 0 Å². The smallest absolute Gasteiger partial charge is 0.336 e. The second-order valence-corrected chi connectivity index (χ2v) is 5.72. The summed E-state index contributed by atoms with van der Waals surface area (Å²) in [5.74, 6) is -0.438. The van der Waals surface area contributed by atoms with Crippen molar-refractivity contribution in [2.75, 3.05) is 0 Å². The summed E-state index contributed by atoms with van der Waals surface area (Å²) in [4.78, 5) is 16.1. The Labute approximate surface area is 129 Å². The highest BCUT2D eigenvalue weighted by Crippen LogP contribution is 2.30. The Morgan fingerprint density at radius 2 is 2.00 bits per heavy atom. The molecule has 0 atom stereocenters. The molecule has 1 aromatic carbocycles. The van der Waals surface area contributed by atoms with Gasteiger partial charge in [0, 0.05) is 5.39 Å². The molecule has 0 amide bonds. The van der Waals surface area contributed by atoms with Gasteiger partial charge in [0.15, 0.2) is 10.4 Å². The maximum absolute atomic E-state index is 11.6. The van der Waals surface area contributed by atoms with Gasteiger partial charge in [-0.25, -0.2) is 9.78 Å². The van der Waals surface area contributed by atoms with Crippen molar-refractivity contribution < 1.29 is 14.3 Å². The number of halogens is 1. The zero-order valence-corrected chi connectivity index (χ0v) is 13.1. The van der Waals surface area contributed by atoms with E-state index >= 15 is 0 Å². The summed E-state index contributed by atoms with van der Waals surface area (Å²) in [5, 5.41) is 10.2. The molecule has 21 heavy (non-hydrogen) atoms. The highest BCUT2D eigenvalue weighted by Gasteiger charge is 2.16. The fourth-order valence-electron chi connectivity index (χ4n) is 2.50. The van der Waals surface area contributed by atoms with Crippen LogP contribution in [-0.2, 0) is 0 Å². The molecule has 4 nitrogen and oxygen atoms in total. The Balaban J connectivity index is 2.37. The summed E-state index contributed by atoms with van der Waals surface area (Å²) >= 11 is 3.24. The Morgan fingerprint density at radius 3 is 2.62 bits per heavy atom. The van der Waals surface area contributed by atoms with E-state index in [-0.39, 0.29) is 5.56 Å². The van der Waals surface area contributed by atoms with Gasteiger partial charge in [-0.2, -0.15) is 0 Å². The second-order valence-electron chi connectivity index (χ2n) is 4.94. The van der Waals surface area contributed by atoms with Crippen molar-refractivity contribution in [1.82, 2.24) is 4.98 Å². The van der Waals surface area contributed by atoms with Gasteiger partial charge < -0.3 is 9.52 Å². The highest BCUT2D eigenvalue weighted by molar-refractivity contribution is 9.10. The van der Waals surface area contributed by atoms with Crippen LogP contribution in [0.4, 0.5) is 0 Å². The maximum atomic E-state index is 11.6. The first-order valence-corrected chi connectivity index (χ1v) is 7.16. The molecule has 106 valence electrons. The van der Waals surface area contributed by atoms with Crippen LogP contribution in [0.15, 0.2) is 39.4 Å². The number of carboxylic acid groups (broad SMARTS) is 1. The summed E-state index contributed by atoms with van der Waals surface area (Å²) in [6.45, 7) is 3.86. The Bertz CT molecular complexity index is 867. The average molecular weight is 346 g/mol. The lowest BCUT2D eigenvalue weighted by Gasteiger charge is -2.09. The van der Waals surface area contributed by atoms with Gasteiger partial charge in [0.2, 0.25) is 0 Å². The van der Waals surface area contributed by atoms with Crippen LogP contribution in [0.1, 0.15) is 21.5 Å². The Hall–Kier alpha value is -2.14. The molecule has 0 aliphatic carbocycles. The Morgan fingerprint density at radius 1 is 1.24 bits per heavy atom. The lowest BCUT2D eigenvalue weighted by Crippen LogP contribution is -2.02. The third-order valence-electron chi connectivity index (χ3n) is 3.31. The molecule has 0 spiro atoms. The van der Waals surface area contributed by atoms with Gasteiger partial charge in [0.1, 0.15) is 5.69 Å². The SMILES string of the molecule is Cc1cc(C)c2c(C(=O)O)cc(-c3ccc(Br)o3)nc2c1. The number of pyridine rings is 1. The van der Waals surface area contributed by atoms with Crippen molar-refractivity contribution in [2.24, 2.45) is 0 Å². The van der Waals surface area contributed by atoms with Crippen LogP contribution >= 0.6 is 15.9 Å². The number of carbonyl (C=O) groups is 1. The third kappa shape index (κ3) is 2.45. The van der Waals surface area contributed by atoms with Crippen molar-refractivity contribution in [3.63, 3.8) is 0 Å². The van der Waals surface area contributed by atoms with E-state index in [9.17, 15) is 9.90 Å². The first-order valence-electron chi connectivity index (χ1n) is 6.36. The van der Waals surface area contributed by atoms with Gasteiger partial charge in [0.25, 0.3) is 0 Å². The van der Waals surface area contributed by atoms with E-state index in [0.29, 0.717) is 27.0 Å². The standard InChI is InChI=1S/C16H12BrNO3/c1-8-5-9(2)15-10(16(19)20)7-11(18-12(15)6-8)13-3-4-14(17)21-13/h3-7H,1-2H3,(H,19,20). The lowest BCUT2D eigenvalue weighted by molar-refractivity contribution is 0.0699. The van der Waals surface area contributed by atoms with Crippen LogP contribution in [-0.4, -0.2) is 16.1 Å². The van der Waals surface area contributed by atoms with E-state index in [2.05, 4.69) is 20.9 Å². The molecule has 0 aliphatic heterocycles. The first kappa shape index (κ1) is 13.8. The molecular formula is C16H12BrNO3. The van der Waals surface area contributed by atoms with E-state index in [1.807, 2.05) is 26.0 Å². The summed E-state index contributed by atoms with van der Waals surface area (Å²) in [7, 11) is 0. The number of nitrogens with zero attached hydrogens (tertiary/aromatic N) is 1.